The molecule has 0 aliphatic carbocycles. The Morgan fingerprint density at radius 1 is 1.16 bits per heavy atom. The molecular formula is C15H15N3S. The molecule has 96 valence electrons. The molecule has 0 fully saturated rings. The molecule has 2 aromatic heterocycles. The molecule has 2 heterocycles. The van der Waals surface area contributed by atoms with Crippen LogP contribution in [0, 0.1) is 6.92 Å². The van der Waals surface area contributed by atoms with Gasteiger partial charge in [-0.3, -0.25) is 4.98 Å². The minimum absolute atomic E-state index is 0.824. The quantitative estimate of drug-likeness (QED) is 0.727. The van der Waals surface area contributed by atoms with Crippen molar-refractivity contribution >= 4 is 27.9 Å². The predicted octanol–water partition coefficient (Wildman–Crippen LogP) is 3.64. The predicted molar refractivity (Wildman–Crippen MR) is 80.7 cm³/mol. The zero-order chi connectivity index (χ0) is 13.2. The molecule has 0 saturated heterocycles. The third-order valence-electron chi connectivity index (χ3n) is 3.22. The van der Waals surface area contributed by atoms with Crippen LogP contribution in [0.1, 0.15) is 10.6 Å². The highest BCUT2D eigenvalue weighted by molar-refractivity contribution is 7.09. The van der Waals surface area contributed by atoms with Crippen molar-refractivity contribution in [3.63, 3.8) is 0 Å². The highest BCUT2D eigenvalue weighted by Crippen LogP contribution is 2.27. The van der Waals surface area contributed by atoms with Gasteiger partial charge in [0.05, 0.1) is 12.1 Å². The van der Waals surface area contributed by atoms with Crippen LogP contribution in [0.5, 0.6) is 0 Å². The molecule has 0 aliphatic rings. The van der Waals surface area contributed by atoms with Crippen LogP contribution in [0.2, 0.25) is 0 Å². The average Bonchev–Trinajstić information content (AvgIpc) is 2.91. The number of pyridine rings is 1. The summed E-state index contributed by atoms with van der Waals surface area (Å²) in [5.41, 5.74) is 3.48. The number of hydrogen-bond donors (Lipinski definition) is 0. The summed E-state index contributed by atoms with van der Waals surface area (Å²) in [4.78, 5) is 11.0. The third-order valence-corrected chi connectivity index (χ3v) is 3.98. The van der Waals surface area contributed by atoms with Crippen LogP contribution in [0.4, 0.5) is 5.69 Å². The number of anilines is 1. The van der Waals surface area contributed by atoms with E-state index in [1.165, 1.54) is 16.6 Å². The second-order valence-corrected chi connectivity index (χ2v) is 5.56. The molecule has 0 unspecified atom stereocenters. The molecule has 0 aliphatic heterocycles. The summed E-state index contributed by atoms with van der Waals surface area (Å²) < 4.78 is 0. The summed E-state index contributed by atoms with van der Waals surface area (Å²) in [6, 6.07) is 8.37. The van der Waals surface area contributed by atoms with Gasteiger partial charge in [0.2, 0.25) is 0 Å². The number of fused-ring (bicyclic) bond motifs is 1. The molecule has 19 heavy (non-hydrogen) atoms. The number of aromatic nitrogens is 2. The van der Waals surface area contributed by atoms with Crippen LogP contribution >= 0.6 is 11.3 Å². The molecule has 0 saturated carbocycles. The van der Waals surface area contributed by atoms with Crippen molar-refractivity contribution in [3.05, 3.63) is 52.6 Å². The van der Waals surface area contributed by atoms with Gasteiger partial charge in [-0.05, 0) is 18.6 Å². The Morgan fingerprint density at radius 2 is 2.05 bits per heavy atom. The molecule has 1 aromatic carbocycles. The summed E-state index contributed by atoms with van der Waals surface area (Å²) in [5.74, 6) is 0. The second kappa shape index (κ2) is 4.97. The van der Waals surface area contributed by atoms with E-state index >= 15 is 0 Å². The summed E-state index contributed by atoms with van der Waals surface area (Å²) in [6.45, 7) is 2.92. The van der Waals surface area contributed by atoms with Crippen LogP contribution in [0.3, 0.4) is 0 Å². The fourth-order valence-corrected chi connectivity index (χ4v) is 2.93. The summed E-state index contributed by atoms with van der Waals surface area (Å²) in [7, 11) is 2.10. The van der Waals surface area contributed by atoms with Crippen molar-refractivity contribution in [2.45, 2.75) is 13.5 Å². The Bertz CT molecular complexity index is 692. The van der Waals surface area contributed by atoms with Gasteiger partial charge in [0.1, 0.15) is 5.01 Å². The van der Waals surface area contributed by atoms with E-state index < -0.39 is 0 Å². The molecule has 3 rings (SSSR count). The Labute approximate surface area is 116 Å². The van der Waals surface area contributed by atoms with Gasteiger partial charge in [-0.15, -0.1) is 11.3 Å². The maximum Gasteiger partial charge on any atom is 0.112 e. The molecule has 0 atom stereocenters. The molecule has 4 heteroatoms. The van der Waals surface area contributed by atoms with Crippen LogP contribution < -0.4 is 4.90 Å². The lowest BCUT2D eigenvalue weighted by Gasteiger charge is -2.20. The summed E-state index contributed by atoms with van der Waals surface area (Å²) in [5, 5.41) is 4.33. The highest BCUT2D eigenvalue weighted by atomic mass is 32.1. The van der Waals surface area contributed by atoms with Gasteiger partial charge in [0.25, 0.3) is 0 Å². The third kappa shape index (κ3) is 2.31. The summed E-state index contributed by atoms with van der Waals surface area (Å²) >= 11 is 1.69. The van der Waals surface area contributed by atoms with Gasteiger partial charge in [-0.1, -0.05) is 18.2 Å². The normalized spacial score (nSPS) is 10.8. The smallest absolute Gasteiger partial charge is 0.112 e. The van der Waals surface area contributed by atoms with Crippen molar-refractivity contribution in [1.29, 1.82) is 0 Å². The molecule has 3 nitrogen and oxygen atoms in total. The Balaban J connectivity index is 2.02. The SMILES string of the molecule is Cc1cccc2c(N(C)Cc3nccs3)ccnc12. The van der Waals surface area contributed by atoms with Gasteiger partial charge in [0.15, 0.2) is 0 Å². The lowest BCUT2D eigenvalue weighted by Crippen LogP contribution is -2.16. The van der Waals surface area contributed by atoms with Gasteiger partial charge in [0, 0.05) is 35.9 Å². The second-order valence-electron chi connectivity index (χ2n) is 4.58. The molecule has 0 spiro atoms. The molecule has 3 aromatic rings. The van der Waals surface area contributed by atoms with Crippen molar-refractivity contribution in [3.8, 4) is 0 Å². The number of hydrogen-bond acceptors (Lipinski definition) is 4. The standard InChI is InChI=1S/C15H15N3S/c1-11-4-3-5-12-13(6-7-17-15(11)12)18(2)10-14-16-8-9-19-14/h3-9H,10H2,1-2H3. The van der Waals surface area contributed by atoms with E-state index in [2.05, 4.69) is 53.1 Å². The van der Waals surface area contributed by atoms with Gasteiger partial charge < -0.3 is 4.90 Å². The number of aryl methyl sites for hydroxylation is 1. The molecular weight excluding hydrogens is 254 g/mol. The minimum Gasteiger partial charge on any atom is -0.367 e. The van der Waals surface area contributed by atoms with E-state index in [1.807, 2.05) is 17.8 Å². The van der Waals surface area contributed by atoms with E-state index in [9.17, 15) is 0 Å². The Hall–Kier alpha value is -1.94. The van der Waals surface area contributed by atoms with E-state index in [-0.39, 0.29) is 0 Å². The molecule has 0 N–H and O–H groups in total. The fraction of sp³-hybridized carbons (Fsp3) is 0.200. The van der Waals surface area contributed by atoms with E-state index in [4.69, 9.17) is 0 Å². The van der Waals surface area contributed by atoms with Gasteiger partial charge in [-0.25, -0.2) is 4.98 Å². The zero-order valence-corrected chi connectivity index (χ0v) is 11.8. The zero-order valence-electron chi connectivity index (χ0n) is 11.0. The van der Waals surface area contributed by atoms with Crippen LogP contribution in [-0.2, 0) is 6.54 Å². The number of rotatable bonds is 3. The lowest BCUT2D eigenvalue weighted by atomic mass is 10.1. The monoisotopic (exact) mass is 269 g/mol. The Kier molecular flexibility index (Phi) is 3.17. The van der Waals surface area contributed by atoms with Crippen LogP contribution in [-0.4, -0.2) is 17.0 Å². The first-order valence-corrected chi connectivity index (χ1v) is 7.07. The van der Waals surface area contributed by atoms with Crippen LogP contribution in [0.15, 0.2) is 42.0 Å². The molecule has 0 amide bonds. The van der Waals surface area contributed by atoms with Crippen LogP contribution in [0.25, 0.3) is 10.9 Å². The maximum atomic E-state index is 4.48. The fourth-order valence-electron chi connectivity index (χ4n) is 2.26. The van der Waals surface area contributed by atoms with Gasteiger partial charge in [-0.2, -0.15) is 0 Å². The number of para-hydroxylation sites is 1. The van der Waals surface area contributed by atoms with Gasteiger partial charge >= 0.3 is 0 Å². The first-order valence-electron chi connectivity index (χ1n) is 6.19. The first kappa shape index (κ1) is 12.1. The van der Waals surface area contributed by atoms with Crippen molar-refractivity contribution < 1.29 is 0 Å². The van der Waals surface area contributed by atoms with E-state index in [0.717, 1.165) is 17.1 Å². The van der Waals surface area contributed by atoms with E-state index in [1.54, 1.807) is 11.3 Å². The topological polar surface area (TPSA) is 29.0 Å². The molecule has 0 bridgehead atoms. The molecule has 0 radical (unpaired) electrons. The van der Waals surface area contributed by atoms with Crippen molar-refractivity contribution in [2.24, 2.45) is 0 Å². The highest BCUT2D eigenvalue weighted by Gasteiger charge is 2.09. The number of benzene rings is 1. The maximum absolute atomic E-state index is 4.48. The van der Waals surface area contributed by atoms with Crippen molar-refractivity contribution in [2.75, 3.05) is 11.9 Å². The Morgan fingerprint density at radius 3 is 2.84 bits per heavy atom. The average molecular weight is 269 g/mol. The number of nitrogens with zero attached hydrogens (tertiary/aromatic N) is 3. The van der Waals surface area contributed by atoms with Crippen molar-refractivity contribution in [1.82, 2.24) is 9.97 Å². The minimum atomic E-state index is 0.824. The first-order chi connectivity index (χ1) is 9.25. The number of thiazole rings is 1. The lowest BCUT2D eigenvalue weighted by molar-refractivity contribution is 0.914. The summed E-state index contributed by atoms with van der Waals surface area (Å²) in [6.07, 6.45) is 3.73. The largest absolute Gasteiger partial charge is 0.367 e. The van der Waals surface area contributed by atoms with E-state index in [0.29, 0.717) is 0 Å².